The number of carbonyl (C=O) groups excluding carboxylic acids is 1. The van der Waals surface area contributed by atoms with Gasteiger partial charge in [-0.2, -0.15) is 0 Å². The minimum Gasteiger partial charge on any atom is -0.323 e. The maximum absolute atomic E-state index is 12.1. The fourth-order valence-corrected chi connectivity index (χ4v) is 2.91. The largest absolute Gasteiger partial charge is 0.323 e. The Morgan fingerprint density at radius 3 is 2.76 bits per heavy atom. The number of anilines is 2. The minimum absolute atomic E-state index is 0.159. The Morgan fingerprint density at radius 2 is 2.14 bits per heavy atom. The molecule has 1 saturated heterocycles. The summed E-state index contributed by atoms with van der Waals surface area (Å²) in [5.41, 5.74) is 0.747. The fraction of sp³-hybridized carbons (Fsp3) is 0.462. The highest BCUT2D eigenvalue weighted by molar-refractivity contribution is 7.92. The molecule has 1 aliphatic heterocycles. The molecular formula is C13H18ClN3O3S. The third kappa shape index (κ3) is 4.87. The van der Waals surface area contributed by atoms with E-state index in [1.807, 2.05) is 0 Å². The summed E-state index contributed by atoms with van der Waals surface area (Å²) in [7, 11) is -3.37. The zero-order chi connectivity index (χ0) is 15.5. The summed E-state index contributed by atoms with van der Waals surface area (Å²) < 4.78 is 24.8. The zero-order valence-electron chi connectivity index (χ0n) is 11.6. The molecule has 0 radical (unpaired) electrons. The molecule has 0 spiro atoms. The van der Waals surface area contributed by atoms with Gasteiger partial charge in [-0.3, -0.25) is 9.52 Å². The molecule has 1 aliphatic rings. The van der Waals surface area contributed by atoms with E-state index in [1.54, 1.807) is 6.07 Å². The van der Waals surface area contributed by atoms with Gasteiger partial charge in [0.15, 0.2) is 0 Å². The first-order valence-electron chi connectivity index (χ1n) is 6.67. The highest BCUT2D eigenvalue weighted by Gasteiger charge is 2.21. The van der Waals surface area contributed by atoms with Gasteiger partial charge >= 0.3 is 0 Å². The molecule has 1 amide bonds. The van der Waals surface area contributed by atoms with Crippen molar-refractivity contribution in [3.05, 3.63) is 23.2 Å². The van der Waals surface area contributed by atoms with Crippen LogP contribution in [0, 0.1) is 0 Å². The first-order chi connectivity index (χ1) is 9.85. The lowest BCUT2D eigenvalue weighted by molar-refractivity contribution is -0.118. The van der Waals surface area contributed by atoms with Crippen LogP contribution in [0.25, 0.3) is 0 Å². The number of hydrogen-bond donors (Lipinski definition) is 3. The summed E-state index contributed by atoms with van der Waals surface area (Å²) in [6, 6.07) is 4.35. The molecule has 1 aromatic rings. The molecule has 1 atom stereocenters. The number of carbonyl (C=O) groups is 1. The maximum Gasteiger partial charge on any atom is 0.241 e. The van der Waals surface area contributed by atoms with Crippen molar-refractivity contribution < 1.29 is 13.2 Å². The van der Waals surface area contributed by atoms with E-state index in [0.717, 1.165) is 32.1 Å². The van der Waals surface area contributed by atoms with Crippen LogP contribution in [-0.2, 0) is 14.8 Å². The average molecular weight is 332 g/mol. The molecular weight excluding hydrogens is 314 g/mol. The van der Waals surface area contributed by atoms with Gasteiger partial charge in [0.1, 0.15) is 0 Å². The van der Waals surface area contributed by atoms with E-state index in [-0.39, 0.29) is 11.9 Å². The lowest BCUT2D eigenvalue weighted by Gasteiger charge is -2.22. The van der Waals surface area contributed by atoms with Gasteiger partial charge in [-0.05, 0) is 37.6 Å². The van der Waals surface area contributed by atoms with Crippen molar-refractivity contribution >= 4 is 38.9 Å². The summed E-state index contributed by atoms with van der Waals surface area (Å²) in [5, 5.41) is 6.24. The number of benzene rings is 1. The number of hydrogen-bond acceptors (Lipinski definition) is 4. The van der Waals surface area contributed by atoms with Crippen molar-refractivity contribution in [2.24, 2.45) is 0 Å². The molecule has 116 valence electrons. The second-order valence-electron chi connectivity index (χ2n) is 5.06. The molecule has 1 heterocycles. The number of nitrogens with one attached hydrogen (secondary N) is 3. The van der Waals surface area contributed by atoms with Gasteiger partial charge in [-0.1, -0.05) is 18.0 Å². The molecule has 1 aromatic carbocycles. The molecule has 6 nitrogen and oxygen atoms in total. The first-order valence-corrected chi connectivity index (χ1v) is 8.94. The standard InChI is InChI=1S/C13H18ClN3O3S/c1-21(19,20)17-9-5-6-10(14)12(8-9)16-13(18)11-4-2-3-7-15-11/h5-6,8,11,15,17H,2-4,7H2,1H3,(H,16,18). The van der Waals surface area contributed by atoms with Gasteiger partial charge in [0.05, 0.1) is 28.7 Å². The monoisotopic (exact) mass is 331 g/mol. The second kappa shape index (κ2) is 6.64. The van der Waals surface area contributed by atoms with Crippen LogP contribution < -0.4 is 15.4 Å². The minimum atomic E-state index is -3.37. The van der Waals surface area contributed by atoms with Crippen LogP contribution in [0.4, 0.5) is 11.4 Å². The molecule has 2 rings (SSSR count). The first kappa shape index (κ1) is 16.1. The van der Waals surface area contributed by atoms with Crippen molar-refractivity contribution in [2.75, 3.05) is 22.8 Å². The van der Waals surface area contributed by atoms with Crippen LogP contribution >= 0.6 is 11.6 Å². The molecule has 8 heteroatoms. The molecule has 0 bridgehead atoms. The third-order valence-electron chi connectivity index (χ3n) is 3.15. The number of sulfonamides is 1. The number of amides is 1. The lowest BCUT2D eigenvalue weighted by atomic mass is 10.0. The predicted molar refractivity (Wildman–Crippen MR) is 84.2 cm³/mol. The van der Waals surface area contributed by atoms with Gasteiger partial charge in [0, 0.05) is 0 Å². The van der Waals surface area contributed by atoms with Crippen molar-refractivity contribution in [2.45, 2.75) is 25.3 Å². The van der Waals surface area contributed by atoms with E-state index in [1.165, 1.54) is 12.1 Å². The topological polar surface area (TPSA) is 87.3 Å². The molecule has 1 fully saturated rings. The number of piperidine rings is 1. The quantitative estimate of drug-likeness (QED) is 0.785. The van der Waals surface area contributed by atoms with Crippen LogP contribution in [0.2, 0.25) is 5.02 Å². The highest BCUT2D eigenvalue weighted by atomic mass is 35.5. The van der Waals surface area contributed by atoms with E-state index < -0.39 is 10.0 Å². The fourth-order valence-electron chi connectivity index (χ4n) is 2.19. The van der Waals surface area contributed by atoms with Crippen LogP contribution in [0.1, 0.15) is 19.3 Å². The molecule has 21 heavy (non-hydrogen) atoms. The van der Waals surface area contributed by atoms with Gasteiger partial charge in [0.2, 0.25) is 15.9 Å². The van der Waals surface area contributed by atoms with Crippen LogP contribution in [-0.4, -0.2) is 33.2 Å². The lowest BCUT2D eigenvalue weighted by Crippen LogP contribution is -2.43. The summed E-state index contributed by atoms with van der Waals surface area (Å²) in [4.78, 5) is 12.1. The van der Waals surface area contributed by atoms with Gasteiger partial charge in [-0.25, -0.2) is 8.42 Å². The van der Waals surface area contributed by atoms with Gasteiger partial charge < -0.3 is 10.6 Å². The summed E-state index contributed by atoms with van der Waals surface area (Å²) in [5.74, 6) is -0.159. The van der Waals surface area contributed by atoms with E-state index in [4.69, 9.17) is 11.6 Å². The van der Waals surface area contributed by atoms with Crippen molar-refractivity contribution in [3.63, 3.8) is 0 Å². The molecule has 0 saturated carbocycles. The zero-order valence-corrected chi connectivity index (χ0v) is 13.2. The Labute approximate surface area is 129 Å². The molecule has 1 unspecified atom stereocenters. The van der Waals surface area contributed by atoms with Crippen molar-refractivity contribution in [1.82, 2.24) is 5.32 Å². The molecule has 0 aromatic heterocycles. The van der Waals surface area contributed by atoms with Crippen LogP contribution in [0.15, 0.2) is 18.2 Å². The number of halogens is 1. The van der Waals surface area contributed by atoms with Crippen molar-refractivity contribution in [3.8, 4) is 0 Å². The second-order valence-corrected chi connectivity index (χ2v) is 7.22. The predicted octanol–water partition coefficient (Wildman–Crippen LogP) is 1.79. The summed E-state index contributed by atoms with van der Waals surface area (Å²) in [6.07, 6.45) is 3.92. The van der Waals surface area contributed by atoms with Crippen LogP contribution in [0.3, 0.4) is 0 Å². The van der Waals surface area contributed by atoms with Gasteiger partial charge in [0.25, 0.3) is 0 Å². The SMILES string of the molecule is CS(=O)(=O)Nc1ccc(Cl)c(NC(=O)C2CCCCN2)c1. The summed E-state index contributed by atoms with van der Waals surface area (Å²) in [6.45, 7) is 0.821. The Hall–Kier alpha value is -1.31. The summed E-state index contributed by atoms with van der Waals surface area (Å²) >= 11 is 6.04. The van der Waals surface area contributed by atoms with E-state index >= 15 is 0 Å². The Bertz CT molecular complexity index is 628. The van der Waals surface area contributed by atoms with Crippen LogP contribution in [0.5, 0.6) is 0 Å². The van der Waals surface area contributed by atoms with E-state index in [2.05, 4.69) is 15.4 Å². The average Bonchev–Trinajstić information content (AvgIpc) is 2.42. The number of rotatable bonds is 4. The smallest absolute Gasteiger partial charge is 0.241 e. The Balaban J connectivity index is 2.11. The van der Waals surface area contributed by atoms with E-state index in [9.17, 15) is 13.2 Å². The maximum atomic E-state index is 12.1. The highest BCUT2D eigenvalue weighted by Crippen LogP contribution is 2.26. The van der Waals surface area contributed by atoms with Crippen molar-refractivity contribution in [1.29, 1.82) is 0 Å². The van der Waals surface area contributed by atoms with Gasteiger partial charge in [-0.15, -0.1) is 0 Å². The van der Waals surface area contributed by atoms with E-state index in [0.29, 0.717) is 16.4 Å². The molecule has 3 N–H and O–H groups in total. The third-order valence-corrected chi connectivity index (χ3v) is 4.09. The molecule has 0 aliphatic carbocycles. The normalized spacial score (nSPS) is 19.0. The Morgan fingerprint density at radius 1 is 1.38 bits per heavy atom. The Kier molecular flexibility index (Phi) is 5.08.